The number of carboxylic acid groups (broad SMARTS) is 1. The normalized spacial score (nSPS) is 23.0. The third-order valence-corrected chi connectivity index (χ3v) is 4.07. The van der Waals surface area contributed by atoms with Gasteiger partial charge in [-0.05, 0) is 32.6 Å². The third-order valence-electron chi connectivity index (χ3n) is 2.93. The molecule has 1 fully saturated rings. The highest BCUT2D eigenvalue weighted by Crippen LogP contribution is 2.27. The largest absolute Gasteiger partial charge is 0.480 e. The maximum atomic E-state index is 11.1. The molecule has 0 bridgehead atoms. The summed E-state index contributed by atoms with van der Waals surface area (Å²) in [5, 5.41) is 9.15. The minimum Gasteiger partial charge on any atom is -0.480 e. The second-order valence-corrected chi connectivity index (χ2v) is 5.32. The zero-order chi connectivity index (χ0) is 10.8. The van der Waals surface area contributed by atoms with E-state index in [1.807, 2.05) is 18.7 Å². The number of nitrogens with zero attached hydrogens (tertiary/aromatic N) is 1. The predicted molar refractivity (Wildman–Crippen MR) is 59.8 cm³/mol. The molecule has 82 valence electrons. The third kappa shape index (κ3) is 2.23. The van der Waals surface area contributed by atoms with Crippen molar-refractivity contribution in [2.75, 3.05) is 18.1 Å². The Balaban J connectivity index is 2.73. The van der Waals surface area contributed by atoms with Crippen molar-refractivity contribution < 1.29 is 9.90 Å². The van der Waals surface area contributed by atoms with Crippen LogP contribution in [0, 0.1) is 0 Å². The molecule has 1 aliphatic heterocycles. The average molecular weight is 217 g/mol. The molecule has 0 aromatic heterocycles. The number of rotatable bonds is 4. The van der Waals surface area contributed by atoms with Crippen molar-refractivity contribution in [1.82, 2.24) is 4.90 Å². The summed E-state index contributed by atoms with van der Waals surface area (Å²) in [5.74, 6) is 1.51. The van der Waals surface area contributed by atoms with E-state index in [0.717, 1.165) is 24.5 Å². The molecule has 0 aromatic carbocycles. The van der Waals surface area contributed by atoms with Gasteiger partial charge >= 0.3 is 5.97 Å². The van der Waals surface area contributed by atoms with Crippen LogP contribution in [-0.4, -0.2) is 45.6 Å². The van der Waals surface area contributed by atoms with Crippen molar-refractivity contribution in [3.05, 3.63) is 0 Å². The van der Waals surface area contributed by atoms with Gasteiger partial charge in [0.05, 0.1) is 0 Å². The van der Waals surface area contributed by atoms with Crippen molar-refractivity contribution in [3.63, 3.8) is 0 Å². The molecule has 1 saturated heterocycles. The summed E-state index contributed by atoms with van der Waals surface area (Å²) in [4.78, 5) is 13.2. The van der Waals surface area contributed by atoms with Crippen molar-refractivity contribution >= 4 is 17.7 Å². The molecular formula is C10H19NO2S. The van der Waals surface area contributed by atoms with Gasteiger partial charge < -0.3 is 5.11 Å². The molecule has 0 saturated carbocycles. The molecule has 0 spiro atoms. The number of hydrogen-bond donors (Lipinski definition) is 1. The standard InChI is InChI=1S/C10H19NO2S/c1-4-11(8-5-6-14-7-8)10(2,3)9(12)13/h8H,4-7H2,1-3H3,(H,12,13). The van der Waals surface area contributed by atoms with Gasteiger partial charge in [-0.15, -0.1) is 0 Å². The first-order chi connectivity index (χ1) is 6.50. The molecule has 4 heteroatoms. The van der Waals surface area contributed by atoms with Crippen molar-refractivity contribution in [2.24, 2.45) is 0 Å². The average Bonchev–Trinajstić information content (AvgIpc) is 2.57. The van der Waals surface area contributed by atoms with Crippen LogP contribution in [0.3, 0.4) is 0 Å². The summed E-state index contributed by atoms with van der Waals surface area (Å²) in [5.41, 5.74) is -0.732. The van der Waals surface area contributed by atoms with E-state index in [9.17, 15) is 4.79 Å². The van der Waals surface area contributed by atoms with Crippen LogP contribution in [-0.2, 0) is 4.79 Å². The topological polar surface area (TPSA) is 40.5 Å². The van der Waals surface area contributed by atoms with Gasteiger partial charge in [-0.3, -0.25) is 9.69 Å². The Bertz CT molecular complexity index is 212. The van der Waals surface area contributed by atoms with E-state index in [1.165, 1.54) is 0 Å². The first-order valence-corrected chi connectivity index (χ1v) is 6.23. The summed E-state index contributed by atoms with van der Waals surface area (Å²) in [6, 6.07) is 0.441. The number of aliphatic carboxylic acids is 1. The molecule has 1 atom stereocenters. The van der Waals surface area contributed by atoms with Crippen molar-refractivity contribution in [1.29, 1.82) is 0 Å². The number of carbonyl (C=O) groups is 1. The molecule has 1 rings (SSSR count). The summed E-state index contributed by atoms with van der Waals surface area (Å²) in [7, 11) is 0. The second kappa shape index (κ2) is 4.53. The summed E-state index contributed by atoms with van der Waals surface area (Å²) < 4.78 is 0. The fourth-order valence-electron chi connectivity index (χ4n) is 2.00. The molecular weight excluding hydrogens is 198 g/mol. The van der Waals surface area contributed by atoms with E-state index < -0.39 is 11.5 Å². The Hall–Kier alpha value is -0.220. The van der Waals surface area contributed by atoms with E-state index >= 15 is 0 Å². The van der Waals surface area contributed by atoms with Gasteiger partial charge in [0.15, 0.2) is 0 Å². The van der Waals surface area contributed by atoms with Crippen LogP contribution in [0.4, 0.5) is 0 Å². The van der Waals surface area contributed by atoms with E-state index in [-0.39, 0.29) is 0 Å². The molecule has 0 aliphatic carbocycles. The maximum absolute atomic E-state index is 11.1. The van der Waals surface area contributed by atoms with Crippen LogP contribution in [0.1, 0.15) is 27.2 Å². The maximum Gasteiger partial charge on any atom is 0.323 e. The first kappa shape index (κ1) is 11.9. The second-order valence-electron chi connectivity index (χ2n) is 4.17. The van der Waals surface area contributed by atoms with Crippen LogP contribution in [0.25, 0.3) is 0 Å². The number of hydrogen-bond acceptors (Lipinski definition) is 3. The highest BCUT2D eigenvalue weighted by molar-refractivity contribution is 7.99. The van der Waals surface area contributed by atoms with Crippen molar-refractivity contribution in [2.45, 2.75) is 38.8 Å². The predicted octanol–water partition coefficient (Wildman–Crippen LogP) is 1.68. The molecule has 1 aliphatic rings. The lowest BCUT2D eigenvalue weighted by atomic mass is 10.00. The zero-order valence-electron chi connectivity index (χ0n) is 9.12. The Labute approximate surface area is 89.9 Å². The lowest BCUT2D eigenvalue weighted by Gasteiger charge is -2.38. The molecule has 3 nitrogen and oxygen atoms in total. The quantitative estimate of drug-likeness (QED) is 0.778. The monoisotopic (exact) mass is 217 g/mol. The number of thioether (sulfide) groups is 1. The van der Waals surface area contributed by atoms with Gasteiger partial charge in [0, 0.05) is 11.8 Å². The molecule has 0 amide bonds. The van der Waals surface area contributed by atoms with Gasteiger partial charge in [-0.1, -0.05) is 6.92 Å². The van der Waals surface area contributed by atoms with Gasteiger partial charge in [-0.2, -0.15) is 11.8 Å². The van der Waals surface area contributed by atoms with Gasteiger partial charge in [0.2, 0.25) is 0 Å². The Morgan fingerprint density at radius 2 is 2.29 bits per heavy atom. The van der Waals surface area contributed by atoms with Gasteiger partial charge in [0.1, 0.15) is 5.54 Å². The molecule has 1 unspecified atom stereocenters. The highest BCUT2D eigenvalue weighted by atomic mass is 32.2. The van der Waals surface area contributed by atoms with Crippen LogP contribution in [0.15, 0.2) is 0 Å². The van der Waals surface area contributed by atoms with Crippen molar-refractivity contribution in [3.8, 4) is 0 Å². The lowest BCUT2D eigenvalue weighted by Crippen LogP contribution is -2.54. The number of carboxylic acids is 1. The Morgan fingerprint density at radius 3 is 2.64 bits per heavy atom. The van der Waals surface area contributed by atoms with Crippen LogP contribution < -0.4 is 0 Å². The molecule has 14 heavy (non-hydrogen) atoms. The fraction of sp³-hybridized carbons (Fsp3) is 0.900. The first-order valence-electron chi connectivity index (χ1n) is 5.08. The highest BCUT2D eigenvalue weighted by Gasteiger charge is 2.38. The van der Waals surface area contributed by atoms with Gasteiger partial charge in [-0.25, -0.2) is 0 Å². The summed E-state index contributed by atoms with van der Waals surface area (Å²) >= 11 is 1.92. The van der Waals surface area contributed by atoms with Gasteiger partial charge in [0.25, 0.3) is 0 Å². The minimum atomic E-state index is -0.732. The molecule has 0 radical (unpaired) electrons. The minimum absolute atomic E-state index is 0.441. The van der Waals surface area contributed by atoms with E-state index in [4.69, 9.17) is 5.11 Å². The Kier molecular flexibility index (Phi) is 3.84. The smallest absolute Gasteiger partial charge is 0.323 e. The van der Waals surface area contributed by atoms with Crippen LogP contribution in [0.2, 0.25) is 0 Å². The fourth-order valence-corrected chi connectivity index (χ4v) is 3.22. The van der Waals surface area contributed by atoms with Crippen LogP contribution in [0.5, 0.6) is 0 Å². The molecule has 1 N–H and O–H groups in total. The van der Waals surface area contributed by atoms with Crippen LogP contribution >= 0.6 is 11.8 Å². The SMILES string of the molecule is CCN(C1CCSC1)C(C)(C)C(=O)O. The van der Waals surface area contributed by atoms with E-state index in [0.29, 0.717) is 6.04 Å². The summed E-state index contributed by atoms with van der Waals surface area (Å²) in [6.45, 7) is 6.43. The zero-order valence-corrected chi connectivity index (χ0v) is 9.93. The van der Waals surface area contributed by atoms with E-state index in [1.54, 1.807) is 13.8 Å². The lowest BCUT2D eigenvalue weighted by molar-refractivity contribution is -0.150. The Morgan fingerprint density at radius 1 is 1.64 bits per heavy atom. The molecule has 1 heterocycles. The van der Waals surface area contributed by atoms with E-state index in [2.05, 4.69) is 4.90 Å². The number of likely N-dealkylation sites (N-methyl/N-ethyl adjacent to an activating group) is 1. The molecule has 0 aromatic rings. The summed E-state index contributed by atoms with van der Waals surface area (Å²) in [6.07, 6.45) is 1.12.